The fourth-order valence-electron chi connectivity index (χ4n) is 2.47. The Balaban J connectivity index is 0.00000132. The van der Waals surface area contributed by atoms with Crippen LogP contribution in [0.1, 0.15) is 25.6 Å². The number of hydrogen-bond acceptors (Lipinski definition) is 6. The van der Waals surface area contributed by atoms with Gasteiger partial charge in [0.25, 0.3) is 0 Å². The molecule has 0 spiro atoms. The van der Waals surface area contributed by atoms with Gasteiger partial charge in [0.15, 0.2) is 5.82 Å². The minimum atomic E-state index is -0.582. The third-order valence-electron chi connectivity index (χ3n) is 3.71. The van der Waals surface area contributed by atoms with Crippen molar-refractivity contribution >= 4 is 36.2 Å². The van der Waals surface area contributed by atoms with Crippen molar-refractivity contribution < 1.29 is 4.52 Å². The van der Waals surface area contributed by atoms with Crippen LogP contribution >= 0.6 is 24.8 Å². The van der Waals surface area contributed by atoms with Crippen molar-refractivity contribution in [2.24, 2.45) is 5.73 Å². The largest absolute Gasteiger partial charge is 0.371 e. The summed E-state index contributed by atoms with van der Waals surface area (Å²) < 4.78 is 5.34. The average Bonchev–Trinajstić information content (AvgIpc) is 2.91. The van der Waals surface area contributed by atoms with Crippen LogP contribution in [0.25, 0.3) is 0 Å². The van der Waals surface area contributed by atoms with E-state index in [1.807, 2.05) is 19.9 Å². The quantitative estimate of drug-likeness (QED) is 0.907. The molecule has 23 heavy (non-hydrogen) atoms. The number of fused-ring (bicyclic) bond motifs is 1. The zero-order valence-corrected chi connectivity index (χ0v) is 15.2. The predicted molar refractivity (Wildman–Crippen MR) is 96.8 cm³/mol. The highest BCUT2D eigenvalue weighted by Crippen LogP contribution is 2.32. The topological polar surface area (TPSA) is 71.4 Å². The van der Waals surface area contributed by atoms with E-state index in [-0.39, 0.29) is 24.8 Å². The van der Waals surface area contributed by atoms with E-state index < -0.39 is 5.54 Å². The Morgan fingerprint density at radius 2 is 1.83 bits per heavy atom. The Morgan fingerprint density at radius 1 is 1.17 bits per heavy atom. The van der Waals surface area contributed by atoms with Crippen LogP contribution in [0.2, 0.25) is 0 Å². The lowest BCUT2D eigenvalue weighted by molar-refractivity contribution is 0.358. The van der Waals surface area contributed by atoms with E-state index in [0.29, 0.717) is 18.3 Å². The van der Waals surface area contributed by atoms with E-state index in [1.54, 1.807) is 0 Å². The summed E-state index contributed by atoms with van der Waals surface area (Å²) in [5.74, 6) is 1.14. The molecule has 3 rings (SSSR count). The van der Waals surface area contributed by atoms with Crippen molar-refractivity contribution in [3.8, 4) is 0 Å². The summed E-state index contributed by atoms with van der Waals surface area (Å²) in [5, 5.41) is 3.98. The molecule has 128 valence electrons. The van der Waals surface area contributed by atoms with Gasteiger partial charge >= 0.3 is 0 Å². The van der Waals surface area contributed by atoms with Gasteiger partial charge in [-0.1, -0.05) is 17.3 Å². The molecule has 0 atom stereocenters. The zero-order valence-electron chi connectivity index (χ0n) is 13.5. The summed E-state index contributed by atoms with van der Waals surface area (Å²) in [6.07, 6.45) is 0. The molecule has 0 unspecified atom stereocenters. The molecule has 1 aromatic carbocycles. The number of nitrogens with two attached hydrogens (primary N) is 1. The van der Waals surface area contributed by atoms with Crippen molar-refractivity contribution in [3.63, 3.8) is 0 Å². The van der Waals surface area contributed by atoms with Gasteiger partial charge in [-0.25, -0.2) is 0 Å². The van der Waals surface area contributed by atoms with Gasteiger partial charge in [0.1, 0.15) is 0 Å². The molecular weight excluding hydrogens is 337 g/mol. The Morgan fingerprint density at radius 3 is 2.43 bits per heavy atom. The molecule has 0 aliphatic carbocycles. The number of halogens is 2. The zero-order chi connectivity index (χ0) is 15.0. The summed E-state index contributed by atoms with van der Waals surface area (Å²) in [5.41, 5.74) is 7.83. The molecule has 8 heteroatoms. The van der Waals surface area contributed by atoms with E-state index in [4.69, 9.17) is 10.3 Å². The van der Waals surface area contributed by atoms with E-state index in [2.05, 4.69) is 45.2 Å². The first-order chi connectivity index (χ1) is 9.95. The van der Waals surface area contributed by atoms with Crippen molar-refractivity contribution in [3.05, 3.63) is 36.0 Å². The van der Waals surface area contributed by atoms with Crippen molar-refractivity contribution in [1.82, 2.24) is 10.1 Å². The summed E-state index contributed by atoms with van der Waals surface area (Å²) in [7, 11) is 2.11. The van der Waals surface area contributed by atoms with E-state index in [0.717, 1.165) is 13.1 Å². The lowest BCUT2D eigenvalue weighted by Gasteiger charge is -2.36. The number of benzene rings is 1. The second-order valence-electron chi connectivity index (χ2n) is 6.07. The van der Waals surface area contributed by atoms with Crippen LogP contribution in [0.4, 0.5) is 11.4 Å². The monoisotopic (exact) mass is 359 g/mol. The second kappa shape index (κ2) is 7.38. The van der Waals surface area contributed by atoms with Crippen LogP contribution in [-0.2, 0) is 12.1 Å². The van der Waals surface area contributed by atoms with Gasteiger partial charge in [0.2, 0.25) is 5.89 Å². The van der Waals surface area contributed by atoms with Gasteiger partial charge in [-0.2, -0.15) is 4.98 Å². The van der Waals surface area contributed by atoms with Crippen LogP contribution in [-0.4, -0.2) is 30.3 Å². The minimum absolute atomic E-state index is 0. The fourth-order valence-corrected chi connectivity index (χ4v) is 2.47. The Bertz CT molecular complexity index is 641. The Labute approximate surface area is 148 Å². The number of para-hydroxylation sites is 2. The molecule has 0 amide bonds. The second-order valence-corrected chi connectivity index (χ2v) is 6.07. The Hall–Kier alpha value is -1.50. The Kier molecular flexibility index (Phi) is 6.27. The first-order valence-corrected chi connectivity index (χ1v) is 7.12. The van der Waals surface area contributed by atoms with E-state index in [1.165, 1.54) is 11.4 Å². The molecule has 1 aliphatic rings. The predicted octanol–water partition coefficient (Wildman–Crippen LogP) is 2.56. The van der Waals surface area contributed by atoms with Crippen LogP contribution in [0.5, 0.6) is 0 Å². The van der Waals surface area contributed by atoms with Crippen molar-refractivity contribution in [2.75, 3.05) is 29.9 Å². The first-order valence-electron chi connectivity index (χ1n) is 7.12. The van der Waals surface area contributed by atoms with Crippen LogP contribution in [0.3, 0.4) is 0 Å². The number of likely N-dealkylation sites (N-methyl/N-ethyl adjacent to an activating group) is 1. The molecule has 0 saturated carbocycles. The third-order valence-corrected chi connectivity index (χ3v) is 3.71. The summed E-state index contributed by atoms with van der Waals surface area (Å²) in [6, 6.07) is 8.35. The maximum Gasteiger partial charge on any atom is 0.246 e. The molecule has 2 aromatic rings. The van der Waals surface area contributed by atoms with Crippen molar-refractivity contribution in [2.45, 2.75) is 25.9 Å². The maximum atomic E-state index is 5.99. The lowest BCUT2D eigenvalue weighted by Crippen LogP contribution is -2.38. The van der Waals surface area contributed by atoms with Gasteiger partial charge < -0.3 is 20.1 Å². The normalized spacial score (nSPS) is 13.9. The molecule has 1 aromatic heterocycles. The van der Waals surface area contributed by atoms with Gasteiger partial charge in [-0.15, -0.1) is 24.8 Å². The summed E-state index contributed by atoms with van der Waals surface area (Å²) >= 11 is 0. The smallest absolute Gasteiger partial charge is 0.246 e. The first kappa shape index (κ1) is 19.5. The summed E-state index contributed by atoms with van der Waals surface area (Å²) in [6.45, 7) is 6.24. The summed E-state index contributed by atoms with van der Waals surface area (Å²) in [4.78, 5) is 8.93. The molecule has 0 bridgehead atoms. The highest BCUT2D eigenvalue weighted by molar-refractivity contribution is 5.85. The molecular formula is C15H23Cl2N5O. The standard InChI is InChI=1S/C15H21N5O.2ClH/c1-15(2,16)14-17-13(21-18-14)10-20-9-8-19(3)11-6-4-5-7-12(11)20;;/h4-7H,8-10,16H2,1-3H3;2*1H. The molecule has 0 radical (unpaired) electrons. The lowest BCUT2D eigenvalue weighted by atomic mass is 10.1. The number of anilines is 2. The molecule has 2 N–H and O–H groups in total. The van der Waals surface area contributed by atoms with Gasteiger partial charge in [-0.05, 0) is 26.0 Å². The van der Waals surface area contributed by atoms with Crippen LogP contribution in [0, 0.1) is 0 Å². The molecule has 6 nitrogen and oxygen atoms in total. The van der Waals surface area contributed by atoms with Gasteiger partial charge in [0.05, 0.1) is 23.5 Å². The molecule has 0 fully saturated rings. The van der Waals surface area contributed by atoms with E-state index in [9.17, 15) is 0 Å². The minimum Gasteiger partial charge on any atom is -0.371 e. The average molecular weight is 360 g/mol. The highest BCUT2D eigenvalue weighted by atomic mass is 35.5. The third kappa shape index (κ3) is 4.07. The molecule has 0 saturated heterocycles. The fraction of sp³-hybridized carbons (Fsp3) is 0.467. The number of hydrogen-bond donors (Lipinski definition) is 1. The SMILES string of the molecule is CN1CCN(Cc2nc(C(C)(C)N)no2)c2ccccc21.Cl.Cl. The van der Waals surface area contributed by atoms with Gasteiger partial charge in [0, 0.05) is 20.1 Å². The number of rotatable bonds is 3. The van der Waals surface area contributed by atoms with Gasteiger partial charge in [-0.3, -0.25) is 0 Å². The maximum absolute atomic E-state index is 5.99. The van der Waals surface area contributed by atoms with Crippen LogP contribution < -0.4 is 15.5 Å². The van der Waals surface area contributed by atoms with Crippen molar-refractivity contribution in [1.29, 1.82) is 0 Å². The molecule has 2 heterocycles. The van der Waals surface area contributed by atoms with E-state index >= 15 is 0 Å². The highest BCUT2D eigenvalue weighted by Gasteiger charge is 2.24. The number of nitrogens with zero attached hydrogens (tertiary/aromatic N) is 4. The molecule has 1 aliphatic heterocycles. The number of aromatic nitrogens is 2. The van der Waals surface area contributed by atoms with Crippen LogP contribution in [0.15, 0.2) is 28.8 Å².